The molecule has 3 aromatic heterocycles. The Morgan fingerprint density at radius 3 is 2.89 bits per heavy atom. The number of hydrogen-bond acceptors (Lipinski definition) is 5. The van der Waals surface area contributed by atoms with Crippen LogP contribution in [0.1, 0.15) is 46.4 Å². The Morgan fingerprint density at radius 2 is 2.14 bits per heavy atom. The van der Waals surface area contributed by atoms with Gasteiger partial charge in [-0.3, -0.25) is 14.5 Å². The zero-order valence-electron chi connectivity index (χ0n) is 16.0. The van der Waals surface area contributed by atoms with E-state index in [1.165, 1.54) is 5.69 Å². The van der Waals surface area contributed by atoms with Crippen LogP contribution < -0.4 is 10.6 Å². The minimum atomic E-state index is -0.119. The van der Waals surface area contributed by atoms with Crippen LogP contribution in [0.25, 0.3) is 0 Å². The van der Waals surface area contributed by atoms with E-state index in [1.807, 2.05) is 28.9 Å². The second-order valence-electron chi connectivity index (χ2n) is 7.03. The molecule has 28 heavy (non-hydrogen) atoms. The van der Waals surface area contributed by atoms with Gasteiger partial charge in [0.15, 0.2) is 5.69 Å². The van der Waals surface area contributed by atoms with Gasteiger partial charge in [0, 0.05) is 42.8 Å². The average molecular weight is 379 g/mol. The molecular formula is C21H25N5O2. The standard InChI is InChI=1S/C21H25N5O2/c1-2-26-19-6-5-16(23-14-17-4-3-11-28-17)12-18(19)20(25-26)21(27)24-13-15-7-9-22-10-8-15/h3-4,7-11,16,23H,2,5-6,12-14H2,1H3,(H,24,27). The van der Waals surface area contributed by atoms with E-state index in [9.17, 15) is 4.79 Å². The lowest BCUT2D eigenvalue weighted by Crippen LogP contribution is -2.35. The van der Waals surface area contributed by atoms with Crippen molar-refractivity contribution < 1.29 is 9.21 Å². The quantitative estimate of drug-likeness (QED) is 0.659. The Bertz CT molecular complexity index is 918. The highest BCUT2D eigenvalue weighted by Gasteiger charge is 2.28. The first kappa shape index (κ1) is 18.4. The monoisotopic (exact) mass is 379 g/mol. The Morgan fingerprint density at radius 1 is 1.29 bits per heavy atom. The van der Waals surface area contributed by atoms with E-state index < -0.39 is 0 Å². The summed E-state index contributed by atoms with van der Waals surface area (Å²) < 4.78 is 7.38. The van der Waals surface area contributed by atoms with Crippen LogP contribution >= 0.6 is 0 Å². The fraction of sp³-hybridized carbons (Fsp3) is 0.381. The molecule has 4 rings (SSSR count). The highest BCUT2D eigenvalue weighted by atomic mass is 16.3. The Balaban J connectivity index is 1.46. The van der Waals surface area contributed by atoms with E-state index >= 15 is 0 Å². The number of pyridine rings is 1. The second kappa shape index (κ2) is 8.39. The topological polar surface area (TPSA) is 85.0 Å². The van der Waals surface area contributed by atoms with Crippen molar-refractivity contribution in [2.45, 2.75) is 51.9 Å². The van der Waals surface area contributed by atoms with Crippen LogP contribution in [0.15, 0.2) is 47.3 Å². The van der Waals surface area contributed by atoms with E-state index in [-0.39, 0.29) is 5.91 Å². The predicted octanol–water partition coefficient (Wildman–Crippen LogP) is 2.47. The highest BCUT2D eigenvalue weighted by Crippen LogP contribution is 2.25. The van der Waals surface area contributed by atoms with Gasteiger partial charge in [-0.15, -0.1) is 0 Å². The smallest absolute Gasteiger partial charge is 0.272 e. The minimum absolute atomic E-state index is 0.119. The molecule has 7 heteroatoms. The van der Waals surface area contributed by atoms with Crippen molar-refractivity contribution in [2.24, 2.45) is 0 Å². The lowest BCUT2D eigenvalue weighted by atomic mass is 9.91. The lowest BCUT2D eigenvalue weighted by Gasteiger charge is -2.24. The highest BCUT2D eigenvalue weighted by molar-refractivity contribution is 5.94. The SMILES string of the molecule is CCn1nc(C(=O)NCc2ccncc2)c2c1CCC(NCc1ccco1)C2. The Kier molecular flexibility index (Phi) is 5.53. The van der Waals surface area contributed by atoms with Gasteiger partial charge in [-0.25, -0.2) is 0 Å². The fourth-order valence-corrected chi connectivity index (χ4v) is 3.73. The summed E-state index contributed by atoms with van der Waals surface area (Å²) in [6, 6.07) is 7.96. The van der Waals surface area contributed by atoms with Gasteiger partial charge in [0.05, 0.1) is 12.8 Å². The number of hydrogen-bond donors (Lipinski definition) is 2. The van der Waals surface area contributed by atoms with E-state index in [0.717, 1.165) is 42.7 Å². The summed E-state index contributed by atoms with van der Waals surface area (Å²) in [7, 11) is 0. The summed E-state index contributed by atoms with van der Waals surface area (Å²) in [5, 5.41) is 11.2. The van der Waals surface area contributed by atoms with Crippen molar-refractivity contribution in [1.29, 1.82) is 0 Å². The van der Waals surface area contributed by atoms with E-state index in [0.29, 0.717) is 24.8 Å². The summed E-state index contributed by atoms with van der Waals surface area (Å²) >= 11 is 0. The van der Waals surface area contributed by atoms with Gasteiger partial charge in [0.25, 0.3) is 5.91 Å². The maximum atomic E-state index is 12.8. The summed E-state index contributed by atoms with van der Waals surface area (Å²) in [5.41, 5.74) is 3.82. The number of fused-ring (bicyclic) bond motifs is 1. The van der Waals surface area contributed by atoms with Crippen LogP contribution in [0.4, 0.5) is 0 Å². The van der Waals surface area contributed by atoms with Crippen LogP contribution in [0.3, 0.4) is 0 Å². The first-order valence-corrected chi connectivity index (χ1v) is 9.76. The minimum Gasteiger partial charge on any atom is -0.468 e. The van der Waals surface area contributed by atoms with E-state index in [4.69, 9.17) is 4.42 Å². The van der Waals surface area contributed by atoms with E-state index in [1.54, 1.807) is 18.7 Å². The van der Waals surface area contributed by atoms with Gasteiger partial charge in [0.2, 0.25) is 0 Å². The molecule has 0 saturated heterocycles. The summed E-state index contributed by atoms with van der Waals surface area (Å²) in [6.45, 7) is 3.99. The molecule has 0 saturated carbocycles. The summed E-state index contributed by atoms with van der Waals surface area (Å²) in [6.07, 6.45) is 7.89. The number of nitrogens with zero attached hydrogens (tertiary/aromatic N) is 3. The van der Waals surface area contributed by atoms with E-state index in [2.05, 4.69) is 27.6 Å². The molecule has 1 amide bonds. The van der Waals surface area contributed by atoms with Crippen LogP contribution in [0.5, 0.6) is 0 Å². The summed E-state index contributed by atoms with van der Waals surface area (Å²) in [5.74, 6) is 0.803. The Labute approximate surface area is 164 Å². The van der Waals surface area contributed by atoms with Gasteiger partial charge in [-0.05, 0) is 56.0 Å². The average Bonchev–Trinajstić information content (AvgIpc) is 3.38. The second-order valence-corrected chi connectivity index (χ2v) is 7.03. The van der Waals surface area contributed by atoms with Gasteiger partial charge in [0.1, 0.15) is 5.76 Å². The first-order chi connectivity index (χ1) is 13.7. The van der Waals surface area contributed by atoms with Crippen molar-refractivity contribution in [1.82, 2.24) is 25.4 Å². The van der Waals surface area contributed by atoms with Gasteiger partial charge in [-0.2, -0.15) is 5.10 Å². The van der Waals surface area contributed by atoms with Crippen LogP contribution in [0, 0.1) is 0 Å². The molecule has 0 spiro atoms. The molecule has 0 fully saturated rings. The zero-order valence-corrected chi connectivity index (χ0v) is 16.0. The van der Waals surface area contributed by atoms with Crippen LogP contribution in [-0.4, -0.2) is 26.7 Å². The maximum absolute atomic E-state index is 12.8. The molecule has 146 valence electrons. The number of carbonyl (C=O) groups excluding carboxylic acids is 1. The molecule has 3 heterocycles. The molecular weight excluding hydrogens is 354 g/mol. The van der Waals surface area contributed by atoms with Crippen molar-refractivity contribution in [3.05, 3.63) is 71.2 Å². The largest absolute Gasteiger partial charge is 0.468 e. The maximum Gasteiger partial charge on any atom is 0.272 e. The van der Waals surface area contributed by atoms with Crippen molar-refractivity contribution in [3.8, 4) is 0 Å². The van der Waals surface area contributed by atoms with Crippen molar-refractivity contribution in [3.63, 3.8) is 0 Å². The first-order valence-electron chi connectivity index (χ1n) is 9.76. The normalized spacial score (nSPS) is 16.0. The molecule has 1 aliphatic carbocycles. The number of rotatable bonds is 7. The molecule has 0 radical (unpaired) electrons. The molecule has 0 aliphatic heterocycles. The molecule has 0 aromatic carbocycles. The zero-order chi connectivity index (χ0) is 19.3. The molecule has 3 aromatic rings. The number of aromatic nitrogens is 3. The fourth-order valence-electron chi connectivity index (χ4n) is 3.73. The molecule has 0 bridgehead atoms. The third-order valence-corrected chi connectivity index (χ3v) is 5.21. The van der Waals surface area contributed by atoms with Crippen LogP contribution in [-0.2, 0) is 32.5 Å². The van der Waals surface area contributed by atoms with Gasteiger partial charge in [-0.1, -0.05) is 0 Å². The van der Waals surface area contributed by atoms with Gasteiger partial charge < -0.3 is 15.1 Å². The number of amides is 1. The number of nitrogens with one attached hydrogen (secondary N) is 2. The van der Waals surface area contributed by atoms with Crippen LogP contribution in [0.2, 0.25) is 0 Å². The molecule has 1 unspecified atom stereocenters. The third-order valence-electron chi connectivity index (χ3n) is 5.21. The Hall–Kier alpha value is -2.93. The molecule has 7 nitrogen and oxygen atoms in total. The van der Waals surface area contributed by atoms with Gasteiger partial charge >= 0.3 is 0 Å². The predicted molar refractivity (Wildman–Crippen MR) is 105 cm³/mol. The summed E-state index contributed by atoms with van der Waals surface area (Å²) in [4.78, 5) is 16.8. The van der Waals surface area contributed by atoms with Crippen molar-refractivity contribution >= 4 is 5.91 Å². The molecule has 1 atom stereocenters. The molecule has 2 N–H and O–H groups in total. The van der Waals surface area contributed by atoms with Crippen molar-refractivity contribution in [2.75, 3.05) is 0 Å². The lowest BCUT2D eigenvalue weighted by molar-refractivity contribution is 0.0944. The number of aryl methyl sites for hydroxylation is 1. The molecule has 1 aliphatic rings. The third kappa shape index (κ3) is 3.99. The number of furan rings is 1. The number of carbonyl (C=O) groups is 1.